The summed E-state index contributed by atoms with van der Waals surface area (Å²) in [5.74, 6) is -0.714. The summed E-state index contributed by atoms with van der Waals surface area (Å²) in [7, 11) is 1.54. The number of nitrogens with one attached hydrogen (secondary N) is 1. The number of hydrogen-bond donors (Lipinski definition) is 2. The van der Waals surface area contributed by atoms with Crippen LogP contribution in [-0.2, 0) is 16.0 Å². The largest absolute Gasteiger partial charge is 0.496 e. The van der Waals surface area contributed by atoms with E-state index in [1.54, 1.807) is 13.0 Å². The first-order valence-electron chi connectivity index (χ1n) is 6.13. The maximum absolute atomic E-state index is 11.8. The Labute approximate surface area is 112 Å². The first-order valence-corrected chi connectivity index (χ1v) is 6.13. The van der Waals surface area contributed by atoms with Crippen molar-refractivity contribution in [3.8, 4) is 5.75 Å². The lowest BCUT2D eigenvalue weighted by atomic mass is 10.1. The van der Waals surface area contributed by atoms with Crippen LogP contribution in [0.25, 0.3) is 0 Å². The fourth-order valence-corrected chi connectivity index (χ4v) is 1.80. The highest BCUT2D eigenvalue weighted by molar-refractivity contribution is 5.85. The number of carbonyl (C=O) groups is 2. The number of carbonyl (C=O) groups excluding carboxylic acids is 1. The molecule has 0 radical (unpaired) electrons. The van der Waals surface area contributed by atoms with Gasteiger partial charge in [-0.2, -0.15) is 0 Å². The number of amides is 1. The van der Waals surface area contributed by atoms with E-state index in [0.29, 0.717) is 12.2 Å². The average molecular weight is 265 g/mol. The minimum Gasteiger partial charge on any atom is -0.496 e. The van der Waals surface area contributed by atoms with Crippen molar-refractivity contribution in [1.29, 1.82) is 0 Å². The molecule has 0 aliphatic carbocycles. The molecule has 5 heteroatoms. The summed E-state index contributed by atoms with van der Waals surface area (Å²) in [6.45, 7) is 3.64. The summed E-state index contributed by atoms with van der Waals surface area (Å²) in [4.78, 5) is 22.7. The Morgan fingerprint density at radius 2 is 2.11 bits per heavy atom. The molecule has 0 saturated heterocycles. The summed E-state index contributed by atoms with van der Waals surface area (Å²) < 4.78 is 5.18. The molecular formula is C14H19NO4. The van der Waals surface area contributed by atoms with E-state index in [9.17, 15) is 9.59 Å². The molecule has 2 N–H and O–H groups in total. The van der Waals surface area contributed by atoms with E-state index in [1.165, 1.54) is 7.11 Å². The molecule has 0 saturated carbocycles. The molecular weight excluding hydrogens is 246 g/mol. The topological polar surface area (TPSA) is 75.6 Å². The first kappa shape index (κ1) is 15.0. The number of ether oxygens (including phenoxy) is 1. The Hall–Kier alpha value is -2.04. The predicted octanol–water partition coefficient (Wildman–Crippen LogP) is 1.53. The van der Waals surface area contributed by atoms with Gasteiger partial charge >= 0.3 is 5.97 Å². The van der Waals surface area contributed by atoms with Gasteiger partial charge in [0.05, 0.1) is 13.5 Å². The molecule has 19 heavy (non-hydrogen) atoms. The van der Waals surface area contributed by atoms with E-state index >= 15 is 0 Å². The van der Waals surface area contributed by atoms with Crippen molar-refractivity contribution in [2.75, 3.05) is 7.11 Å². The van der Waals surface area contributed by atoms with Gasteiger partial charge in [-0.05, 0) is 19.4 Å². The molecule has 5 nitrogen and oxygen atoms in total. The van der Waals surface area contributed by atoms with Crippen LogP contribution in [0.2, 0.25) is 0 Å². The van der Waals surface area contributed by atoms with Crippen LogP contribution in [0.1, 0.15) is 24.5 Å². The third-order valence-electron chi connectivity index (χ3n) is 2.83. The fourth-order valence-electron chi connectivity index (χ4n) is 1.80. The van der Waals surface area contributed by atoms with Gasteiger partial charge in [0.25, 0.3) is 0 Å². The zero-order chi connectivity index (χ0) is 14.4. The molecule has 0 aromatic heterocycles. The summed E-state index contributed by atoms with van der Waals surface area (Å²) >= 11 is 0. The molecule has 104 valence electrons. The van der Waals surface area contributed by atoms with Crippen LogP contribution in [0.5, 0.6) is 5.75 Å². The van der Waals surface area contributed by atoms with E-state index in [1.807, 2.05) is 19.1 Å². The van der Waals surface area contributed by atoms with Gasteiger partial charge in [-0.15, -0.1) is 0 Å². The van der Waals surface area contributed by atoms with Crippen LogP contribution in [0.4, 0.5) is 0 Å². The Bertz CT molecular complexity index is 471. The van der Waals surface area contributed by atoms with Gasteiger partial charge in [-0.25, -0.2) is 4.79 Å². The number of carboxylic acids is 1. The first-order chi connectivity index (χ1) is 8.97. The Balaban J connectivity index is 2.76. The van der Waals surface area contributed by atoms with Crippen LogP contribution in [0.3, 0.4) is 0 Å². The molecule has 1 aromatic carbocycles. The van der Waals surface area contributed by atoms with Gasteiger partial charge in [0.2, 0.25) is 5.91 Å². The van der Waals surface area contributed by atoms with Gasteiger partial charge in [-0.1, -0.05) is 24.6 Å². The maximum atomic E-state index is 11.8. The van der Waals surface area contributed by atoms with Crippen molar-refractivity contribution < 1.29 is 19.4 Å². The van der Waals surface area contributed by atoms with Crippen molar-refractivity contribution >= 4 is 11.9 Å². The number of methoxy groups -OCH3 is 1. The van der Waals surface area contributed by atoms with Gasteiger partial charge < -0.3 is 15.2 Å². The second-order valence-corrected chi connectivity index (χ2v) is 4.36. The zero-order valence-electron chi connectivity index (χ0n) is 11.4. The molecule has 0 aliphatic heterocycles. The van der Waals surface area contributed by atoms with Gasteiger partial charge in [0, 0.05) is 5.56 Å². The molecule has 1 atom stereocenters. The fraction of sp³-hybridized carbons (Fsp3) is 0.429. The lowest BCUT2D eigenvalue weighted by molar-refractivity contribution is -0.141. The quantitative estimate of drug-likeness (QED) is 0.817. The molecule has 0 bridgehead atoms. The zero-order valence-corrected chi connectivity index (χ0v) is 11.4. The highest BCUT2D eigenvalue weighted by atomic mass is 16.5. The number of rotatable bonds is 6. The van der Waals surface area contributed by atoms with E-state index in [2.05, 4.69) is 5.32 Å². The van der Waals surface area contributed by atoms with Crippen LogP contribution in [-0.4, -0.2) is 30.1 Å². The second kappa shape index (κ2) is 6.78. The SMILES string of the molecule is CC[C@H](NC(=O)Cc1cc(C)ccc1OC)C(=O)O. The van der Waals surface area contributed by atoms with Crippen molar-refractivity contribution in [2.45, 2.75) is 32.7 Å². The number of hydrogen-bond acceptors (Lipinski definition) is 3. The van der Waals surface area contributed by atoms with Crippen LogP contribution in [0.15, 0.2) is 18.2 Å². The lowest BCUT2D eigenvalue weighted by Gasteiger charge is -2.13. The van der Waals surface area contributed by atoms with Gasteiger partial charge in [0.1, 0.15) is 11.8 Å². The minimum absolute atomic E-state index is 0.106. The van der Waals surface area contributed by atoms with Crippen molar-refractivity contribution in [3.05, 3.63) is 29.3 Å². The highest BCUT2D eigenvalue weighted by Gasteiger charge is 2.18. The van der Waals surface area contributed by atoms with Crippen molar-refractivity contribution in [2.24, 2.45) is 0 Å². The molecule has 0 aliphatic rings. The smallest absolute Gasteiger partial charge is 0.326 e. The normalized spacial score (nSPS) is 11.7. The third-order valence-corrected chi connectivity index (χ3v) is 2.83. The summed E-state index contributed by atoms with van der Waals surface area (Å²) in [5, 5.41) is 11.4. The summed E-state index contributed by atoms with van der Waals surface area (Å²) in [6, 6.07) is 4.71. The van der Waals surface area contributed by atoms with Crippen molar-refractivity contribution in [3.63, 3.8) is 0 Å². The van der Waals surface area contributed by atoms with Gasteiger partial charge in [-0.3, -0.25) is 4.79 Å². The lowest BCUT2D eigenvalue weighted by Crippen LogP contribution is -2.41. The third kappa shape index (κ3) is 4.28. The van der Waals surface area contributed by atoms with E-state index in [-0.39, 0.29) is 12.3 Å². The molecule has 0 spiro atoms. The van der Waals surface area contributed by atoms with Gasteiger partial charge in [0.15, 0.2) is 0 Å². The van der Waals surface area contributed by atoms with E-state index < -0.39 is 12.0 Å². The van der Waals surface area contributed by atoms with Crippen LogP contribution < -0.4 is 10.1 Å². The molecule has 1 rings (SSSR count). The van der Waals surface area contributed by atoms with E-state index in [0.717, 1.165) is 11.1 Å². The number of benzene rings is 1. The Morgan fingerprint density at radius 3 is 2.63 bits per heavy atom. The molecule has 1 aromatic rings. The van der Waals surface area contributed by atoms with Crippen LogP contribution in [0, 0.1) is 6.92 Å². The molecule has 0 unspecified atom stereocenters. The highest BCUT2D eigenvalue weighted by Crippen LogP contribution is 2.20. The number of aryl methyl sites for hydroxylation is 1. The molecule has 1 amide bonds. The summed E-state index contributed by atoms with van der Waals surface area (Å²) in [5.41, 5.74) is 1.77. The molecule has 0 fully saturated rings. The maximum Gasteiger partial charge on any atom is 0.326 e. The minimum atomic E-state index is -1.02. The molecule has 0 heterocycles. The Morgan fingerprint density at radius 1 is 1.42 bits per heavy atom. The predicted molar refractivity (Wildman–Crippen MR) is 71.3 cm³/mol. The average Bonchev–Trinajstić information content (AvgIpc) is 2.35. The number of aliphatic carboxylic acids is 1. The summed E-state index contributed by atoms with van der Waals surface area (Å²) in [6.07, 6.45) is 0.459. The number of carboxylic acid groups (broad SMARTS) is 1. The van der Waals surface area contributed by atoms with E-state index in [4.69, 9.17) is 9.84 Å². The van der Waals surface area contributed by atoms with Crippen molar-refractivity contribution in [1.82, 2.24) is 5.32 Å². The standard InChI is InChI=1S/C14H19NO4/c1-4-11(14(17)18)15-13(16)8-10-7-9(2)5-6-12(10)19-3/h5-7,11H,4,8H2,1-3H3,(H,15,16)(H,17,18)/t11-/m0/s1. The monoisotopic (exact) mass is 265 g/mol. The Kier molecular flexibility index (Phi) is 5.36. The second-order valence-electron chi connectivity index (χ2n) is 4.36. The van der Waals surface area contributed by atoms with Crippen LogP contribution >= 0.6 is 0 Å².